The quantitative estimate of drug-likeness (QED) is 0.370. The van der Waals surface area contributed by atoms with E-state index in [4.69, 9.17) is 4.74 Å². The molecule has 3 saturated carbocycles. The zero-order valence-corrected chi connectivity index (χ0v) is 28.7. The fourth-order valence-electron chi connectivity index (χ4n) is 9.76. The Bertz CT molecular complexity index is 1930. The van der Waals surface area contributed by atoms with Crippen LogP contribution in [0.1, 0.15) is 97.5 Å². The van der Waals surface area contributed by atoms with Crippen LogP contribution >= 0.6 is 0 Å². The molecule has 0 radical (unpaired) electrons. The first kappa shape index (κ1) is 30.6. The Morgan fingerprint density at radius 1 is 0.938 bits per heavy atom. The lowest BCUT2D eigenvalue weighted by atomic mass is 9.81. The number of carbonyl (C=O) groups excluding carboxylic acids is 2. The van der Waals surface area contributed by atoms with Crippen LogP contribution in [0.2, 0.25) is 0 Å². The van der Waals surface area contributed by atoms with Gasteiger partial charge in [-0.1, -0.05) is 25.3 Å². The number of benzene rings is 2. The summed E-state index contributed by atoms with van der Waals surface area (Å²) >= 11 is 0. The lowest BCUT2D eigenvalue weighted by molar-refractivity contribution is -0.143. The molecule has 4 unspecified atom stereocenters. The van der Waals surface area contributed by atoms with Crippen molar-refractivity contribution in [2.45, 2.75) is 101 Å². The zero-order valence-electron chi connectivity index (χ0n) is 27.8. The lowest BCUT2D eigenvalue weighted by Gasteiger charge is -2.41. The third-order valence-electron chi connectivity index (χ3n) is 12.2. The molecule has 2 amide bonds. The van der Waals surface area contributed by atoms with Crippen molar-refractivity contribution in [3.63, 3.8) is 0 Å². The van der Waals surface area contributed by atoms with Crippen LogP contribution in [0.5, 0.6) is 5.75 Å². The van der Waals surface area contributed by atoms with Gasteiger partial charge in [0.1, 0.15) is 5.75 Å². The first-order valence-electron chi connectivity index (χ1n) is 17.9. The summed E-state index contributed by atoms with van der Waals surface area (Å²) < 4.78 is 38.3. The highest BCUT2D eigenvalue weighted by Crippen LogP contribution is 2.66. The average Bonchev–Trinajstić information content (AvgIpc) is 3.98. The molecule has 1 aromatic heterocycles. The fourth-order valence-corrected chi connectivity index (χ4v) is 10.9. The van der Waals surface area contributed by atoms with Gasteiger partial charge in [-0.25, -0.2) is 4.72 Å². The van der Waals surface area contributed by atoms with E-state index in [9.17, 15) is 13.2 Å². The average molecular weight is 672 g/mol. The largest absolute Gasteiger partial charge is 0.497 e. The number of nitrogens with zero attached hydrogens (tertiary/aromatic N) is 3. The van der Waals surface area contributed by atoms with E-state index in [0.717, 1.165) is 85.9 Å². The number of nitrogens with one attached hydrogen (secondary N) is 2. The first-order chi connectivity index (χ1) is 23.2. The second-order valence-electron chi connectivity index (χ2n) is 15.4. The third-order valence-corrected chi connectivity index (χ3v) is 13.3. The summed E-state index contributed by atoms with van der Waals surface area (Å²) in [4.78, 5) is 33.1. The highest BCUT2D eigenvalue weighted by atomic mass is 32.2. The SMILES string of the molecule is COc1ccc2c(c1)C1CC1(C(=O)N1C3CCC1CN(C)C3)Cn1c-2c(C2CCCCC2)c2ccc(C(=O)NS(=O)(=O)NC3CC3)cc21. The van der Waals surface area contributed by atoms with E-state index in [2.05, 4.69) is 43.0 Å². The van der Waals surface area contributed by atoms with Crippen molar-refractivity contribution < 1.29 is 22.7 Å². The number of carbonyl (C=O) groups is 2. The van der Waals surface area contributed by atoms with E-state index < -0.39 is 21.5 Å². The molecule has 0 spiro atoms. The van der Waals surface area contributed by atoms with Gasteiger partial charge in [-0.15, -0.1) is 0 Å². The Balaban J connectivity index is 1.21. The normalized spacial score (nSPS) is 28.4. The van der Waals surface area contributed by atoms with Gasteiger partial charge in [-0.2, -0.15) is 13.1 Å². The van der Waals surface area contributed by atoms with Gasteiger partial charge in [-0.05, 0) is 99.4 Å². The summed E-state index contributed by atoms with van der Waals surface area (Å²) in [5.74, 6) is 0.855. The van der Waals surface area contributed by atoms with Gasteiger partial charge in [0.2, 0.25) is 5.91 Å². The minimum Gasteiger partial charge on any atom is -0.497 e. The van der Waals surface area contributed by atoms with Gasteiger partial charge in [0, 0.05) is 65.7 Å². The molecule has 3 aromatic rings. The number of piperazine rings is 1. The Morgan fingerprint density at radius 3 is 2.40 bits per heavy atom. The molecule has 2 aromatic carbocycles. The summed E-state index contributed by atoms with van der Waals surface area (Å²) in [6.45, 7) is 2.35. The van der Waals surface area contributed by atoms with Gasteiger partial charge in [0.15, 0.2) is 0 Å². The number of rotatable bonds is 7. The van der Waals surface area contributed by atoms with Crippen LogP contribution in [-0.2, 0) is 21.5 Å². The molecular formula is C37H45N5O5S. The highest BCUT2D eigenvalue weighted by Gasteiger charge is 2.65. The number of hydrogen-bond acceptors (Lipinski definition) is 6. The summed E-state index contributed by atoms with van der Waals surface area (Å²) in [7, 11) is -0.111. The standard InChI is InChI=1S/C37H45N5O5S/c1-40-19-25-11-12-26(20-40)42(25)36(44)37-18-31(37)30-17-27(47-2)13-15-28(30)34-33(22-6-4-3-5-7-22)29-14-8-23(16-32(29)41(34)21-37)35(43)39-48(45,46)38-24-9-10-24/h8,13-17,22,24-26,31,38H,3-7,9-12,18-21H2,1-2H3,(H,39,43). The van der Waals surface area contributed by atoms with Crippen LogP contribution in [0.15, 0.2) is 36.4 Å². The summed E-state index contributed by atoms with van der Waals surface area (Å²) in [5.41, 5.74) is 5.38. The molecular weight excluding hydrogens is 627 g/mol. The van der Waals surface area contributed by atoms with Crippen LogP contribution in [0.25, 0.3) is 22.2 Å². The predicted molar refractivity (Wildman–Crippen MR) is 183 cm³/mol. The first-order valence-corrected chi connectivity index (χ1v) is 19.3. The minimum atomic E-state index is -3.97. The van der Waals surface area contributed by atoms with Gasteiger partial charge in [0.25, 0.3) is 5.91 Å². The molecule has 10 nitrogen and oxygen atoms in total. The Hall–Kier alpha value is -3.41. The van der Waals surface area contributed by atoms with Crippen molar-refractivity contribution in [1.82, 2.24) is 23.8 Å². The number of hydrogen-bond donors (Lipinski definition) is 2. The van der Waals surface area contributed by atoms with Crippen molar-refractivity contribution in [1.29, 1.82) is 0 Å². The molecule has 2 N–H and O–H groups in total. The van der Waals surface area contributed by atoms with Gasteiger partial charge >= 0.3 is 10.2 Å². The molecule has 2 bridgehead atoms. The number of likely N-dealkylation sites (tertiary alicyclic amines) is 1. The van der Waals surface area contributed by atoms with E-state index in [1.54, 1.807) is 13.2 Å². The van der Waals surface area contributed by atoms with Gasteiger partial charge < -0.3 is 19.1 Å². The molecule has 11 heteroatoms. The maximum atomic E-state index is 15.0. The number of likely N-dealkylation sites (N-methyl/N-ethyl adjacent to an activating group) is 1. The lowest BCUT2D eigenvalue weighted by Crippen LogP contribution is -2.57. The predicted octanol–water partition coefficient (Wildman–Crippen LogP) is 4.88. The van der Waals surface area contributed by atoms with Gasteiger partial charge in [0.05, 0.1) is 18.2 Å². The molecule has 2 saturated heterocycles. The van der Waals surface area contributed by atoms with Crippen molar-refractivity contribution in [3.8, 4) is 17.0 Å². The third kappa shape index (κ3) is 4.90. The van der Waals surface area contributed by atoms with Crippen molar-refractivity contribution in [2.24, 2.45) is 5.41 Å². The fraction of sp³-hybridized carbons (Fsp3) is 0.568. The minimum absolute atomic E-state index is 0.0773. The number of ether oxygens (including phenoxy) is 1. The van der Waals surface area contributed by atoms with Crippen LogP contribution in [0.3, 0.4) is 0 Å². The molecule has 254 valence electrons. The van der Waals surface area contributed by atoms with Crippen molar-refractivity contribution in [2.75, 3.05) is 27.2 Å². The van der Waals surface area contributed by atoms with Crippen molar-refractivity contribution >= 4 is 32.9 Å². The van der Waals surface area contributed by atoms with E-state index in [1.165, 1.54) is 30.4 Å². The molecule has 4 atom stereocenters. The smallest absolute Gasteiger partial charge is 0.301 e. The van der Waals surface area contributed by atoms with Crippen molar-refractivity contribution in [3.05, 3.63) is 53.1 Å². The Labute approximate surface area is 282 Å². The molecule has 6 aliphatic rings. The maximum absolute atomic E-state index is 15.0. The second kappa shape index (κ2) is 11.1. The number of fused-ring (bicyclic) bond motifs is 9. The van der Waals surface area contributed by atoms with Crippen LogP contribution in [0, 0.1) is 5.41 Å². The van der Waals surface area contributed by atoms with Crippen LogP contribution in [-0.4, -0.2) is 80.0 Å². The van der Waals surface area contributed by atoms with E-state index in [1.807, 2.05) is 18.2 Å². The number of aromatic nitrogens is 1. The van der Waals surface area contributed by atoms with Crippen LogP contribution in [0.4, 0.5) is 0 Å². The Morgan fingerprint density at radius 2 is 1.69 bits per heavy atom. The summed E-state index contributed by atoms with van der Waals surface area (Å²) in [5, 5.41) is 1.09. The monoisotopic (exact) mass is 671 g/mol. The molecule has 48 heavy (non-hydrogen) atoms. The molecule has 9 rings (SSSR count). The molecule has 3 aliphatic carbocycles. The second-order valence-corrected chi connectivity index (χ2v) is 16.9. The Kier molecular flexibility index (Phi) is 7.05. The maximum Gasteiger partial charge on any atom is 0.301 e. The van der Waals surface area contributed by atoms with E-state index >= 15 is 4.79 Å². The topological polar surface area (TPSA) is 113 Å². The number of amides is 2. The van der Waals surface area contributed by atoms with E-state index in [-0.39, 0.29) is 30.0 Å². The molecule has 4 heterocycles. The van der Waals surface area contributed by atoms with E-state index in [0.29, 0.717) is 18.0 Å². The van der Waals surface area contributed by atoms with Gasteiger partial charge in [-0.3, -0.25) is 9.59 Å². The molecule has 5 fully saturated rings. The summed E-state index contributed by atoms with van der Waals surface area (Å²) in [6.07, 6.45) is 10.2. The number of methoxy groups -OCH3 is 1. The molecule has 3 aliphatic heterocycles. The zero-order chi connectivity index (χ0) is 32.9. The van der Waals surface area contributed by atoms with Crippen LogP contribution < -0.4 is 14.2 Å². The highest BCUT2D eigenvalue weighted by molar-refractivity contribution is 7.88. The summed E-state index contributed by atoms with van der Waals surface area (Å²) in [6, 6.07) is 12.4.